The number of aryl methyl sites for hydroxylation is 1. The molecule has 0 radical (unpaired) electrons. The fraction of sp³-hybridized carbons (Fsp3) is 0.391. The Bertz CT molecular complexity index is 862. The van der Waals surface area contributed by atoms with Gasteiger partial charge in [-0.1, -0.05) is 42.0 Å². The first-order chi connectivity index (χ1) is 13.9. The zero-order valence-electron chi connectivity index (χ0n) is 17.4. The Kier molecular flexibility index (Phi) is 6.75. The molecule has 0 heterocycles. The Hall–Kier alpha value is -3.02. The molecule has 0 spiro atoms. The number of rotatable bonds is 8. The third kappa shape index (κ3) is 6.24. The van der Waals surface area contributed by atoms with Crippen molar-refractivity contribution in [1.82, 2.24) is 15.1 Å². The number of ether oxygens (including phenoxy) is 1. The molecule has 6 heteroatoms. The summed E-state index contributed by atoms with van der Waals surface area (Å²) in [4.78, 5) is 27.9. The minimum Gasteiger partial charge on any atom is -0.484 e. The second kappa shape index (κ2) is 9.45. The van der Waals surface area contributed by atoms with E-state index in [2.05, 4.69) is 30.4 Å². The van der Waals surface area contributed by atoms with E-state index in [9.17, 15) is 9.59 Å². The highest BCUT2D eigenvalue weighted by atomic mass is 16.5. The molecule has 2 aromatic rings. The minimum atomic E-state index is -0.0973. The monoisotopic (exact) mass is 395 g/mol. The van der Waals surface area contributed by atoms with Gasteiger partial charge in [-0.3, -0.25) is 4.79 Å². The summed E-state index contributed by atoms with van der Waals surface area (Å²) in [5, 5.41) is 3.02. The molecule has 1 fully saturated rings. The van der Waals surface area contributed by atoms with Gasteiger partial charge in [0.2, 0.25) is 0 Å². The lowest BCUT2D eigenvalue weighted by atomic mass is 10.1. The molecule has 6 nitrogen and oxygen atoms in total. The number of hydrogen-bond donors (Lipinski definition) is 1. The fourth-order valence-electron chi connectivity index (χ4n) is 3.06. The summed E-state index contributed by atoms with van der Waals surface area (Å²) in [5.74, 6) is 0.519. The van der Waals surface area contributed by atoms with Gasteiger partial charge in [0.25, 0.3) is 5.91 Å². The number of amides is 3. The van der Waals surface area contributed by atoms with Gasteiger partial charge in [0.05, 0.1) is 0 Å². The standard InChI is InChI=1S/C23H29N3O3/c1-17-6-4-8-19(12-17)15-26(20-10-11-20)23(28)24-14-18-7-5-9-21(13-18)29-16-22(27)25(2)3/h4-9,12-13,20H,10-11,14-16H2,1-3H3,(H,24,28). The van der Waals surface area contributed by atoms with Crippen LogP contribution < -0.4 is 10.1 Å². The summed E-state index contributed by atoms with van der Waals surface area (Å²) in [6, 6.07) is 16.0. The van der Waals surface area contributed by atoms with E-state index in [-0.39, 0.29) is 18.5 Å². The van der Waals surface area contributed by atoms with Crippen molar-refractivity contribution in [1.29, 1.82) is 0 Å². The van der Waals surface area contributed by atoms with E-state index < -0.39 is 0 Å². The van der Waals surface area contributed by atoms with Crippen molar-refractivity contribution >= 4 is 11.9 Å². The number of carbonyl (C=O) groups is 2. The van der Waals surface area contributed by atoms with Crippen LogP contribution in [0.15, 0.2) is 48.5 Å². The van der Waals surface area contributed by atoms with Crippen LogP contribution in [0.2, 0.25) is 0 Å². The quantitative estimate of drug-likeness (QED) is 0.746. The van der Waals surface area contributed by atoms with Crippen LogP contribution in [0.25, 0.3) is 0 Å². The molecular formula is C23H29N3O3. The van der Waals surface area contributed by atoms with Crippen molar-refractivity contribution in [3.05, 3.63) is 65.2 Å². The van der Waals surface area contributed by atoms with Crippen LogP contribution in [0.5, 0.6) is 5.75 Å². The molecule has 0 aliphatic heterocycles. The SMILES string of the molecule is Cc1cccc(CN(C(=O)NCc2cccc(OCC(=O)N(C)C)c2)C2CC2)c1. The van der Waals surface area contributed by atoms with E-state index in [0.29, 0.717) is 24.9 Å². The molecule has 0 bridgehead atoms. The molecule has 0 saturated heterocycles. The van der Waals surface area contributed by atoms with Crippen molar-refractivity contribution in [2.24, 2.45) is 0 Å². The molecule has 0 unspecified atom stereocenters. The number of nitrogens with one attached hydrogen (secondary N) is 1. The average molecular weight is 396 g/mol. The second-order valence-electron chi connectivity index (χ2n) is 7.73. The minimum absolute atomic E-state index is 0.00520. The molecule has 0 atom stereocenters. The van der Waals surface area contributed by atoms with Gasteiger partial charge in [0.15, 0.2) is 6.61 Å². The third-order valence-corrected chi connectivity index (χ3v) is 4.89. The zero-order valence-corrected chi connectivity index (χ0v) is 17.4. The molecule has 1 aliphatic carbocycles. The van der Waals surface area contributed by atoms with E-state index in [1.54, 1.807) is 14.1 Å². The van der Waals surface area contributed by atoms with E-state index in [0.717, 1.165) is 24.0 Å². The number of urea groups is 1. The van der Waals surface area contributed by atoms with Crippen LogP contribution in [0.1, 0.15) is 29.5 Å². The smallest absolute Gasteiger partial charge is 0.318 e. The van der Waals surface area contributed by atoms with Crippen molar-refractivity contribution in [3.8, 4) is 5.75 Å². The molecular weight excluding hydrogens is 366 g/mol. The summed E-state index contributed by atoms with van der Waals surface area (Å²) < 4.78 is 5.55. The van der Waals surface area contributed by atoms with E-state index >= 15 is 0 Å². The lowest BCUT2D eigenvalue weighted by Gasteiger charge is -2.23. The fourth-order valence-corrected chi connectivity index (χ4v) is 3.06. The maximum Gasteiger partial charge on any atom is 0.318 e. The number of hydrogen-bond acceptors (Lipinski definition) is 3. The van der Waals surface area contributed by atoms with Crippen LogP contribution in [0, 0.1) is 6.92 Å². The molecule has 3 rings (SSSR count). The molecule has 1 aliphatic rings. The molecule has 154 valence electrons. The van der Waals surface area contributed by atoms with Crippen molar-refractivity contribution in [2.75, 3.05) is 20.7 Å². The maximum absolute atomic E-state index is 12.8. The van der Waals surface area contributed by atoms with Crippen molar-refractivity contribution in [2.45, 2.75) is 38.9 Å². The van der Waals surface area contributed by atoms with Crippen LogP contribution in [-0.4, -0.2) is 48.5 Å². The lowest BCUT2D eigenvalue weighted by molar-refractivity contribution is -0.130. The highest BCUT2D eigenvalue weighted by Gasteiger charge is 2.32. The van der Waals surface area contributed by atoms with Gasteiger partial charge < -0.3 is 19.9 Å². The first-order valence-electron chi connectivity index (χ1n) is 9.94. The predicted molar refractivity (Wildman–Crippen MR) is 113 cm³/mol. The summed E-state index contributed by atoms with van der Waals surface area (Å²) in [5.41, 5.74) is 3.27. The predicted octanol–water partition coefficient (Wildman–Crippen LogP) is 3.34. The molecule has 1 N–H and O–H groups in total. The summed E-state index contributed by atoms with van der Waals surface area (Å²) >= 11 is 0. The van der Waals surface area contributed by atoms with Gasteiger partial charge in [-0.2, -0.15) is 0 Å². The first-order valence-corrected chi connectivity index (χ1v) is 9.94. The topological polar surface area (TPSA) is 61.9 Å². The molecule has 3 amide bonds. The van der Waals surface area contributed by atoms with E-state index in [4.69, 9.17) is 4.74 Å². The van der Waals surface area contributed by atoms with E-state index in [1.165, 1.54) is 10.5 Å². The molecule has 2 aromatic carbocycles. The summed E-state index contributed by atoms with van der Waals surface area (Å²) in [6.45, 7) is 3.09. The Morgan fingerprint density at radius 2 is 1.79 bits per heavy atom. The molecule has 29 heavy (non-hydrogen) atoms. The van der Waals surface area contributed by atoms with Gasteiger partial charge in [-0.15, -0.1) is 0 Å². The van der Waals surface area contributed by atoms with Gasteiger partial charge >= 0.3 is 6.03 Å². The van der Waals surface area contributed by atoms with Crippen LogP contribution in [-0.2, 0) is 17.9 Å². The van der Waals surface area contributed by atoms with Crippen molar-refractivity contribution < 1.29 is 14.3 Å². The van der Waals surface area contributed by atoms with Gasteiger partial charge in [0.1, 0.15) is 5.75 Å². The number of nitrogens with zero attached hydrogens (tertiary/aromatic N) is 2. The van der Waals surface area contributed by atoms with Crippen molar-refractivity contribution in [3.63, 3.8) is 0 Å². The Labute approximate surface area is 172 Å². The van der Waals surface area contributed by atoms with Crippen LogP contribution in [0.3, 0.4) is 0 Å². The largest absolute Gasteiger partial charge is 0.484 e. The van der Waals surface area contributed by atoms with Gasteiger partial charge in [-0.25, -0.2) is 4.79 Å². The number of carbonyl (C=O) groups excluding carboxylic acids is 2. The zero-order chi connectivity index (χ0) is 20.8. The Morgan fingerprint density at radius 1 is 1.07 bits per heavy atom. The highest BCUT2D eigenvalue weighted by molar-refractivity contribution is 5.77. The number of benzene rings is 2. The second-order valence-corrected chi connectivity index (χ2v) is 7.73. The number of likely N-dealkylation sites (N-methyl/N-ethyl adjacent to an activating group) is 1. The average Bonchev–Trinajstić information content (AvgIpc) is 3.54. The Balaban J connectivity index is 1.56. The van der Waals surface area contributed by atoms with Gasteiger partial charge in [-0.05, 0) is 43.0 Å². The highest BCUT2D eigenvalue weighted by Crippen LogP contribution is 2.28. The normalized spacial score (nSPS) is 12.9. The summed E-state index contributed by atoms with van der Waals surface area (Å²) in [6.07, 6.45) is 2.12. The van der Waals surface area contributed by atoms with E-state index in [1.807, 2.05) is 35.2 Å². The van der Waals surface area contributed by atoms with Crippen LogP contribution in [0.4, 0.5) is 4.79 Å². The van der Waals surface area contributed by atoms with Gasteiger partial charge in [0, 0.05) is 33.2 Å². The van der Waals surface area contributed by atoms with Crippen LogP contribution >= 0.6 is 0 Å². The Morgan fingerprint density at radius 3 is 2.48 bits per heavy atom. The maximum atomic E-state index is 12.8. The molecule has 0 aromatic heterocycles. The molecule has 1 saturated carbocycles. The first kappa shape index (κ1) is 20.7. The summed E-state index contributed by atoms with van der Waals surface area (Å²) in [7, 11) is 3.39. The lowest BCUT2D eigenvalue weighted by Crippen LogP contribution is -2.40. The third-order valence-electron chi connectivity index (χ3n) is 4.89.